The van der Waals surface area contributed by atoms with E-state index < -0.39 is 26.5 Å². The second-order valence-corrected chi connectivity index (χ2v) is 7.46. The monoisotopic (exact) mass is 332 g/mol. The van der Waals surface area contributed by atoms with Crippen molar-refractivity contribution in [3.05, 3.63) is 34.1 Å². The van der Waals surface area contributed by atoms with Gasteiger partial charge in [-0.1, -0.05) is 13.8 Å². The molecule has 122 valence electrons. The van der Waals surface area contributed by atoms with E-state index in [2.05, 4.69) is 5.32 Å². The Bertz CT molecular complexity index is 673. The van der Waals surface area contributed by atoms with E-state index in [4.69, 9.17) is 0 Å². The smallest absolute Gasteiger partial charge is 0.271 e. The van der Waals surface area contributed by atoms with Gasteiger partial charge in [-0.3, -0.25) is 14.9 Å². The number of benzene rings is 1. The fourth-order valence-electron chi connectivity index (χ4n) is 1.77. The highest BCUT2D eigenvalue weighted by Crippen LogP contribution is 2.21. The first-order valence-corrected chi connectivity index (χ1v) is 8.37. The molecule has 0 unspecified atom stereocenters. The van der Waals surface area contributed by atoms with E-state index in [1.165, 1.54) is 0 Å². The number of nitro groups is 1. The quantitative estimate of drug-likeness (QED) is 0.608. The van der Waals surface area contributed by atoms with E-state index in [-0.39, 0.29) is 35.2 Å². The number of rotatable bonds is 7. The average molecular weight is 332 g/mol. The maximum Gasteiger partial charge on any atom is 0.271 e. The van der Waals surface area contributed by atoms with Gasteiger partial charge in [0.2, 0.25) is 5.91 Å². The minimum atomic E-state index is -3.36. The zero-order valence-electron chi connectivity index (χ0n) is 12.2. The third-order valence-electron chi connectivity index (χ3n) is 2.66. The first-order valence-electron chi connectivity index (χ1n) is 6.55. The molecule has 9 heteroatoms. The topological polar surface area (TPSA) is 106 Å². The molecule has 1 aromatic rings. The van der Waals surface area contributed by atoms with Crippen molar-refractivity contribution < 1.29 is 22.5 Å². The largest absolute Gasteiger partial charge is 0.323 e. The third kappa shape index (κ3) is 5.76. The number of halogens is 1. The van der Waals surface area contributed by atoms with Crippen LogP contribution in [0.4, 0.5) is 15.8 Å². The van der Waals surface area contributed by atoms with Gasteiger partial charge < -0.3 is 5.32 Å². The number of hydrogen-bond donors (Lipinski definition) is 1. The zero-order valence-corrected chi connectivity index (χ0v) is 13.0. The van der Waals surface area contributed by atoms with Gasteiger partial charge in [0.1, 0.15) is 5.82 Å². The van der Waals surface area contributed by atoms with Crippen molar-refractivity contribution in [1.29, 1.82) is 0 Å². The van der Waals surface area contributed by atoms with E-state index in [1.54, 1.807) is 13.8 Å². The number of anilines is 1. The molecule has 0 bridgehead atoms. The van der Waals surface area contributed by atoms with Crippen LogP contribution in [0.3, 0.4) is 0 Å². The Morgan fingerprint density at radius 3 is 2.59 bits per heavy atom. The highest BCUT2D eigenvalue weighted by atomic mass is 32.2. The Morgan fingerprint density at radius 1 is 1.41 bits per heavy atom. The van der Waals surface area contributed by atoms with Crippen LogP contribution in [0.1, 0.15) is 20.3 Å². The molecule has 0 aromatic heterocycles. The highest BCUT2D eigenvalue weighted by Gasteiger charge is 2.17. The van der Waals surface area contributed by atoms with Crippen LogP contribution in [0.25, 0.3) is 0 Å². The Morgan fingerprint density at radius 2 is 2.05 bits per heavy atom. The van der Waals surface area contributed by atoms with E-state index in [0.717, 1.165) is 18.2 Å². The molecule has 1 rings (SSSR count). The van der Waals surface area contributed by atoms with Gasteiger partial charge in [-0.2, -0.15) is 0 Å². The Kier molecular flexibility index (Phi) is 5.98. The lowest BCUT2D eigenvalue weighted by Crippen LogP contribution is -2.21. The van der Waals surface area contributed by atoms with Gasteiger partial charge in [0, 0.05) is 18.6 Å². The molecule has 0 atom stereocenters. The second kappa shape index (κ2) is 7.30. The van der Waals surface area contributed by atoms with Crippen LogP contribution >= 0.6 is 0 Å². The van der Waals surface area contributed by atoms with Crippen LogP contribution < -0.4 is 5.32 Å². The van der Waals surface area contributed by atoms with Crippen LogP contribution in [0.2, 0.25) is 0 Å². The summed E-state index contributed by atoms with van der Waals surface area (Å²) >= 11 is 0. The molecule has 1 N–H and O–H groups in total. The van der Waals surface area contributed by atoms with E-state index in [0.29, 0.717) is 0 Å². The van der Waals surface area contributed by atoms with E-state index in [1.807, 2.05) is 0 Å². The summed E-state index contributed by atoms with van der Waals surface area (Å²) in [4.78, 5) is 21.5. The summed E-state index contributed by atoms with van der Waals surface area (Å²) in [6.07, 6.45) is -0.336. The fourth-order valence-corrected chi connectivity index (χ4v) is 3.45. The summed E-state index contributed by atoms with van der Waals surface area (Å²) in [7, 11) is -3.36. The molecule has 1 amide bonds. The van der Waals surface area contributed by atoms with Crippen molar-refractivity contribution in [1.82, 2.24) is 0 Å². The van der Waals surface area contributed by atoms with Crippen LogP contribution in [0.15, 0.2) is 18.2 Å². The van der Waals surface area contributed by atoms with E-state index >= 15 is 0 Å². The number of nitrogens with one attached hydrogen (secondary N) is 1. The van der Waals surface area contributed by atoms with Crippen molar-refractivity contribution in [2.75, 3.05) is 16.8 Å². The van der Waals surface area contributed by atoms with Crippen LogP contribution in [0, 0.1) is 21.8 Å². The predicted molar refractivity (Wildman–Crippen MR) is 79.8 cm³/mol. The van der Waals surface area contributed by atoms with Crippen molar-refractivity contribution in [2.45, 2.75) is 20.3 Å². The lowest BCUT2D eigenvalue weighted by molar-refractivity contribution is -0.384. The minimum Gasteiger partial charge on any atom is -0.323 e. The zero-order chi connectivity index (χ0) is 16.9. The van der Waals surface area contributed by atoms with E-state index in [9.17, 15) is 27.7 Å². The van der Waals surface area contributed by atoms with Gasteiger partial charge in [-0.25, -0.2) is 12.8 Å². The van der Waals surface area contributed by atoms with Gasteiger partial charge in [-0.05, 0) is 12.0 Å². The summed E-state index contributed by atoms with van der Waals surface area (Å²) < 4.78 is 36.8. The maximum absolute atomic E-state index is 13.5. The number of amides is 1. The summed E-state index contributed by atoms with van der Waals surface area (Å²) in [5.41, 5.74) is -0.718. The first kappa shape index (κ1) is 18.0. The highest BCUT2D eigenvalue weighted by molar-refractivity contribution is 7.91. The van der Waals surface area contributed by atoms with Gasteiger partial charge in [0.25, 0.3) is 5.69 Å². The number of carbonyl (C=O) groups excluding carboxylic acids is 1. The Balaban J connectivity index is 2.70. The minimum absolute atomic E-state index is 0.0363. The maximum atomic E-state index is 13.5. The van der Waals surface area contributed by atoms with Gasteiger partial charge in [0.05, 0.1) is 22.1 Å². The molecule has 22 heavy (non-hydrogen) atoms. The SMILES string of the molecule is CC(C)CS(=O)(=O)CCC(=O)Nc1cc([N+](=O)[O-])ccc1F. The molecule has 0 aliphatic rings. The number of non-ortho nitro benzene ring substituents is 1. The fraction of sp³-hybridized carbons (Fsp3) is 0.462. The molecular weight excluding hydrogens is 315 g/mol. The predicted octanol–water partition coefficient (Wildman–Crippen LogP) is 2.13. The lowest BCUT2D eigenvalue weighted by Gasteiger charge is -2.08. The van der Waals surface area contributed by atoms with Crippen LogP contribution in [-0.2, 0) is 14.6 Å². The van der Waals surface area contributed by atoms with Crippen LogP contribution in [-0.4, -0.2) is 30.8 Å². The summed E-state index contributed by atoms with van der Waals surface area (Å²) in [6, 6.07) is 2.72. The number of hydrogen-bond acceptors (Lipinski definition) is 5. The molecule has 0 aliphatic carbocycles. The number of sulfone groups is 1. The number of nitrogens with zero attached hydrogens (tertiary/aromatic N) is 1. The molecule has 1 aromatic carbocycles. The average Bonchev–Trinajstić information content (AvgIpc) is 2.37. The van der Waals surface area contributed by atoms with Crippen molar-refractivity contribution in [3.63, 3.8) is 0 Å². The molecule has 0 fully saturated rings. The standard InChI is InChI=1S/C13H17FN2O5S/c1-9(2)8-22(20,21)6-5-13(17)15-12-7-10(16(18)19)3-4-11(12)14/h3-4,7,9H,5-6,8H2,1-2H3,(H,15,17). The van der Waals surface area contributed by atoms with Crippen molar-refractivity contribution in [3.8, 4) is 0 Å². The summed E-state index contributed by atoms with van der Waals surface area (Å²) in [5.74, 6) is -1.99. The van der Waals surface area contributed by atoms with Gasteiger partial charge in [-0.15, -0.1) is 0 Å². The van der Waals surface area contributed by atoms with Crippen molar-refractivity contribution in [2.24, 2.45) is 5.92 Å². The molecule has 0 spiro atoms. The Labute approximate surface area is 127 Å². The molecule has 0 aliphatic heterocycles. The summed E-state index contributed by atoms with van der Waals surface area (Å²) in [5, 5.41) is 12.7. The summed E-state index contributed by atoms with van der Waals surface area (Å²) in [6.45, 7) is 3.49. The second-order valence-electron chi connectivity index (χ2n) is 5.23. The first-order chi connectivity index (χ1) is 10.1. The normalized spacial score (nSPS) is 11.5. The van der Waals surface area contributed by atoms with Gasteiger partial charge in [0.15, 0.2) is 9.84 Å². The molecule has 0 heterocycles. The molecule has 0 radical (unpaired) electrons. The number of nitro benzene ring substituents is 1. The Hall–Kier alpha value is -2.03. The van der Waals surface area contributed by atoms with Gasteiger partial charge >= 0.3 is 0 Å². The molecule has 7 nitrogen and oxygen atoms in total. The lowest BCUT2D eigenvalue weighted by atomic mass is 10.2. The molecule has 0 saturated heterocycles. The van der Waals surface area contributed by atoms with Crippen molar-refractivity contribution >= 4 is 27.1 Å². The molecule has 0 saturated carbocycles. The third-order valence-corrected chi connectivity index (χ3v) is 4.66. The number of carbonyl (C=O) groups is 1. The molecular formula is C13H17FN2O5S. The van der Waals surface area contributed by atoms with Crippen LogP contribution in [0.5, 0.6) is 0 Å².